The van der Waals surface area contributed by atoms with E-state index < -0.39 is 0 Å². The zero-order valence-corrected chi connectivity index (χ0v) is 11.9. The molecule has 1 heterocycles. The molecule has 1 aromatic rings. The fourth-order valence-electron chi connectivity index (χ4n) is 1.60. The van der Waals surface area contributed by atoms with Crippen molar-refractivity contribution in [1.29, 1.82) is 0 Å². The number of thioether (sulfide) groups is 1. The Morgan fingerprint density at radius 2 is 2.25 bits per heavy atom. The highest BCUT2D eigenvalue weighted by molar-refractivity contribution is 7.99. The number of thiazole rings is 1. The predicted molar refractivity (Wildman–Crippen MR) is 72.3 cm³/mol. The first-order chi connectivity index (χ1) is 7.58. The lowest BCUT2D eigenvalue weighted by atomic mass is 10.2. The van der Waals surface area contributed by atoms with Crippen LogP contribution in [0.25, 0.3) is 0 Å². The van der Waals surface area contributed by atoms with E-state index in [0.717, 1.165) is 5.01 Å². The second kappa shape index (κ2) is 6.59. The molecule has 0 aliphatic carbocycles. The number of aromatic nitrogens is 1. The SMILES string of the molecule is CSC(CO)C(C)NC(C)c1cnc(C)s1. The summed E-state index contributed by atoms with van der Waals surface area (Å²) in [5.74, 6) is 0. The van der Waals surface area contributed by atoms with Crippen molar-refractivity contribution in [3.63, 3.8) is 0 Å². The van der Waals surface area contributed by atoms with Crippen LogP contribution < -0.4 is 5.32 Å². The summed E-state index contributed by atoms with van der Waals surface area (Å²) in [6.07, 6.45) is 3.96. The number of nitrogens with one attached hydrogen (secondary N) is 1. The lowest BCUT2D eigenvalue weighted by Crippen LogP contribution is -2.38. The Morgan fingerprint density at radius 1 is 1.56 bits per heavy atom. The van der Waals surface area contributed by atoms with Crippen molar-refractivity contribution in [2.75, 3.05) is 12.9 Å². The zero-order chi connectivity index (χ0) is 12.1. The van der Waals surface area contributed by atoms with Crippen molar-refractivity contribution in [3.05, 3.63) is 16.1 Å². The highest BCUT2D eigenvalue weighted by Gasteiger charge is 2.18. The van der Waals surface area contributed by atoms with E-state index in [1.165, 1.54) is 4.88 Å². The lowest BCUT2D eigenvalue weighted by Gasteiger charge is -2.24. The van der Waals surface area contributed by atoms with E-state index in [2.05, 4.69) is 24.1 Å². The third kappa shape index (κ3) is 3.73. The van der Waals surface area contributed by atoms with Gasteiger partial charge >= 0.3 is 0 Å². The summed E-state index contributed by atoms with van der Waals surface area (Å²) >= 11 is 3.42. The molecule has 3 atom stereocenters. The van der Waals surface area contributed by atoms with Crippen LogP contribution in [-0.2, 0) is 0 Å². The van der Waals surface area contributed by atoms with Gasteiger partial charge in [-0.1, -0.05) is 0 Å². The number of rotatable bonds is 6. The maximum Gasteiger partial charge on any atom is 0.0897 e. The fourth-order valence-corrected chi connectivity index (χ4v) is 3.03. The van der Waals surface area contributed by atoms with E-state index >= 15 is 0 Å². The molecule has 3 unspecified atom stereocenters. The molecule has 0 aliphatic heterocycles. The monoisotopic (exact) mass is 260 g/mol. The number of hydrogen-bond donors (Lipinski definition) is 2. The Kier molecular flexibility index (Phi) is 5.75. The summed E-state index contributed by atoms with van der Waals surface area (Å²) in [5.41, 5.74) is 0. The number of nitrogens with zero attached hydrogens (tertiary/aromatic N) is 1. The molecule has 5 heteroatoms. The molecule has 16 heavy (non-hydrogen) atoms. The van der Waals surface area contributed by atoms with Gasteiger partial charge in [0.15, 0.2) is 0 Å². The van der Waals surface area contributed by atoms with Crippen LogP contribution in [0.3, 0.4) is 0 Å². The predicted octanol–water partition coefficient (Wildman–Crippen LogP) is 2.21. The van der Waals surface area contributed by atoms with Gasteiger partial charge < -0.3 is 10.4 Å². The molecule has 0 aromatic carbocycles. The minimum atomic E-state index is 0.212. The van der Waals surface area contributed by atoms with Crippen LogP contribution in [0.15, 0.2) is 6.20 Å². The van der Waals surface area contributed by atoms with Gasteiger partial charge in [0.2, 0.25) is 0 Å². The average molecular weight is 260 g/mol. The number of aliphatic hydroxyl groups is 1. The van der Waals surface area contributed by atoms with E-state index in [1.807, 2.05) is 19.4 Å². The van der Waals surface area contributed by atoms with E-state index in [0.29, 0.717) is 6.04 Å². The summed E-state index contributed by atoms with van der Waals surface area (Å²) in [6, 6.07) is 0.583. The summed E-state index contributed by atoms with van der Waals surface area (Å²) in [7, 11) is 0. The van der Waals surface area contributed by atoms with Gasteiger partial charge in [0.25, 0.3) is 0 Å². The molecule has 0 radical (unpaired) electrons. The molecule has 0 fully saturated rings. The van der Waals surface area contributed by atoms with Gasteiger partial charge in [0, 0.05) is 28.4 Å². The first-order valence-corrected chi connectivity index (χ1v) is 7.51. The molecule has 0 amide bonds. The van der Waals surface area contributed by atoms with Crippen molar-refractivity contribution < 1.29 is 5.11 Å². The maximum absolute atomic E-state index is 9.21. The molecule has 92 valence electrons. The van der Waals surface area contributed by atoms with E-state index in [-0.39, 0.29) is 17.9 Å². The van der Waals surface area contributed by atoms with E-state index in [4.69, 9.17) is 0 Å². The topological polar surface area (TPSA) is 45.1 Å². The minimum Gasteiger partial charge on any atom is -0.395 e. The van der Waals surface area contributed by atoms with Gasteiger partial charge in [-0.05, 0) is 27.0 Å². The van der Waals surface area contributed by atoms with Gasteiger partial charge in [-0.2, -0.15) is 11.8 Å². The third-order valence-corrected chi connectivity index (χ3v) is 4.88. The number of aliphatic hydroxyl groups excluding tert-OH is 1. The van der Waals surface area contributed by atoms with Gasteiger partial charge in [0.05, 0.1) is 11.6 Å². The van der Waals surface area contributed by atoms with Crippen molar-refractivity contribution in [2.45, 2.75) is 38.1 Å². The van der Waals surface area contributed by atoms with Gasteiger partial charge in [-0.25, -0.2) is 4.98 Å². The van der Waals surface area contributed by atoms with Gasteiger partial charge in [-0.3, -0.25) is 0 Å². The van der Waals surface area contributed by atoms with Crippen molar-refractivity contribution in [3.8, 4) is 0 Å². The van der Waals surface area contributed by atoms with Crippen LogP contribution in [0, 0.1) is 6.92 Å². The van der Waals surface area contributed by atoms with Crippen LogP contribution in [0.4, 0.5) is 0 Å². The molecule has 0 saturated heterocycles. The first kappa shape index (κ1) is 14.0. The summed E-state index contributed by atoms with van der Waals surface area (Å²) < 4.78 is 0. The Morgan fingerprint density at radius 3 is 2.69 bits per heavy atom. The quantitative estimate of drug-likeness (QED) is 0.823. The molecular formula is C11H20N2OS2. The summed E-state index contributed by atoms with van der Waals surface area (Å²) in [4.78, 5) is 5.51. The van der Waals surface area contributed by atoms with Crippen molar-refractivity contribution >= 4 is 23.1 Å². The molecule has 0 aliphatic rings. The second-order valence-corrected chi connectivity index (χ2v) is 6.26. The number of hydrogen-bond acceptors (Lipinski definition) is 5. The van der Waals surface area contributed by atoms with Crippen LogP contribution in [0.5, 0.6) is 0 Å². The highest BCUT2D eigenvalue weighted by Crippen LogP contribution is 2.21. The maximum atomic E-state index is 9.21. The van der Waals surface area contributed by atoms with Gasteiger partial charge in [0.1, 0.15) is 0 Å². The zero-order valence-electron chi connectivity index (χ0n) is 10.2. The highest BCUT2D eigenvalue weighted by atomic mass is 32.2. The summed E-state index contributed by atoms with van der Waals surface area (Å²) in [6.45, 7) is 6.48. The van der Waals surface area contributed by atoms with Crippen LogP contribution in [0.2, 0.25) is 0 Å². The molecule has 1 rings (SSSR count). The minimum absolute atomic E-state index is 0.212. The van der Waals surface area contributed by atoms with Crippen LogP contribution >= 0.6 is 23.1 Å². The molecular weight excluding hydrogens is 240 g/mol. The molecule has 0 bridgehead atoms. The number of aryl methyl sites for hydroxylation is 1. The molecule has 0 spiro atoms. The van der Waals surface area contributed by atoms with Crippen LogP contribution in [-0.4, -0.2) is 34.2 Å². The Bertz CT molecular complexity index is 313. The Hall–Kier alpha value is -0.100. The summed E-state index contributed by atoms with van der Waals surface area (Å²) in [5, 5.41) is 14.1. The molecule has 1 aromatic heterocycles. The largest absolute Gasteiger partial charge is 0.395 e. The Labute approximate surface area is 106 Å². The van der Waals surface area contributed by atoms with E-state index in [1.54, 1.807) is 23.1 Å². The third-order valence-electron chi connectivity index (χ3n) is 2.62. The average Bonchev–Trinajstić information content (AvgIpc) is 2.66. The molecule has 0 saturated carbocycles. The standard InChI is InChI=1S/C11H20N2OS2/c1-7(10-5-12-9(3)16-10)13-8(2)11(6-14)15-4/h5,7-8,11,13-14H,6H2,1-4H3. The lowest BCUT2D eigenvalue weighted by molar-refractivity contribution is 0.272. The van der Waals surface area contributed by atoms with Gasteiger partial charge in [-0.15, -0.1) is 11.3 Å². The molecule has 2 N–H and O–H groups in total. The first-order valence-electron chi connectivity index (χ1n) is 5.40. The van der Waals surface area contributed by atoms with Crippen LogP contribution in [0.1, 0.15) is 29.8 Å². The fraction of sp³-hybridized carbons (Fsp3) is 0.727. The second-order valence-electron chi connectivity index (χ2n) is 3.92. The smallest absolute Gasteiger partial charge is 0.0897 e. The Balaban J connectivity index is 2.53. The van der Waals surface area contributed by atoms with Crippen molar-refractivity contribution in [1.82, 2.24) is 10.3 Å². The molecule has 3 nitrogen and oxygen atoms in total. The van der Waals surface area contributed by atoms with Crippen molar-refractivity contribution in [2.24, 2.45) is 0 Å². The van der Waals surface area contributed by atoms with E-state index in [9.17, 15) is 5.11 Å². The normalized spacial score (nSPS) is 17.1.